The van der Waals surface area contributed by atoms with Crippen molar-refractivity contribution >= 4 is 23.2 Å². The van der Waals surface area contributed by atoms with Gasteiger partial charge in [0.25, 0.3) is 0 Å². The molecule has 0 N–H and O–H groups in total. The van der Waals surface area contributed by atoms with Gasteiger partial charge in [0.05, 0.1) is 12.6 Å². The molecule has 0 bridgehead atoms. The van der Waals surface area contributed by atoms with Crippen molar-refractivity contribution < 1.29 is 14.3 Å². The van der Waals surface area contributed by atoms with Crippen LogP contribution in [0, 0.1) is 11.3 Å². The van der Waals surface area contributed by atoms with Gasteiger partial charge in [-0.1, -0.05) is 26.8 Å². The molecule has 0 radical (unpaired) electrons. The van der Waals surface area contributed by atoms with Gasteiger partial charge in [0.2, 0.25) is 5.91 Å². The van der Waals surface area contributed by atoms with Crippen LogP contribution in [0.2, 0.25) is 0 Å². The number of rotatable bonds is 5. The lowest BCUT2D eigenvalue weighted by molar-refractivity contribution is -0.160. The number of carbonyl (C=O) groups is 2. The second-order valence-electron chi connectivity index (χ2n) is 6.19. The predicted molar refractivity (Wildman–Crippen MR) is 85.1 cm³/mol. The van der Waals surface area contributed by atoms with Crippen LogP contribution in [0.4, 0.5) is 0 Å². The molecule has 0 aliphatic rings. The fraction of sp³-hybridized carbons (Fsp3) is 0.625. The quantitative estimate of drug-likeness (QED) is 0.617. The molecular formula is C16H25NO3S. The Morgan fingerprint density at radius 2 is 2.00 bits per heavy atom. The maximum Gasteiger partial charge on any atom is 0.319 e. The van der Waals surface area contributed by atoms with Gasteiger partial charge in [0.1, 0.15) is 5.92 Å². The highest BCUT2D eigenvalue weighted by Crippen LogP contribution is 2.32. The molecule has 21 heavy (non-hydrogen) atoms. The van der Waals surface area contributed by atoms with Crippen molar-refractivity contribution in [1.29, 1.82) is 0 Å². The fourth-order valence-electron chi connectivity index (χ4n) is 2.16. The summed E-state index contributed by atoms with van der Waals surface area (Å²) in [6, 6.07) is 3.90. The minimum absolute atomic E-state index is 0.0585. The van der Waals surface area contributed by atoms with Crippen LogP contribution in [0.5, 0.6) is 0 Å². The molecular weight excluding hydrogens is 286 g/mol. The summed E-state index contributed by atoms with van der Waals surface area (Å²) in [7, 11) is 1.74. The Kier molecular flexibility index (Phi) is 5.96. The van der Waals surface area contributed by atoms with Crippen molar-refractivity contribution in [3.63, 3.8) is 0 Å². The zero-order valence-electron chi connectivity index (χ0n) is 13.7. The molecule has 0 spiro atoms. The van der Waals surface area contributed by atoms with E-state index in [4.69, 9.17) is 4.74 Å². The van der Waals surface area contributed by atoms with Crippen LogP contribution in [0.1, 0.15) is 45.5 Å². The third-order valence-corrected chi connectivity index (χ3v) is 4.56. The summed E-state index contributed by atoms with van der Waals surface area (Å²) in [5, 5.41) is 1.98. The summed E-state index contributed by atoms with van der Waals surface area (Å²) in [6.07, 6.45) is 0. The highest BCUT2D eigenvalue weighted by molar-refractivity contribution is 7.10. The lowest BCUT2D eigenvalue weighted by atomic mass is 9.79. The molecule has 4 nitrogen and oxygen atoms in total. The predicted octanol–water partition coefficient (Wildman–Crippen LogP) is 3.49. The van der Waals surface area contributed by atoms with Gasteiger partial charge >= 0.3 is 5.97 Å². The van der Waals surface area contributed by atoms with Gasteiger partial charge in [0.15, 0.2) is 0 Å². The summed E-state index contributed by atoms with van der Waals surface area (Å²) in [5.74, 6) is -1.42. The van der Waals surface area contributed by atoms with Gasteiger partial charge in [-0.15, -0.1) is 11.3 Å². The van der Waals surface area contributed by atoms with Gasteiger partial charge in [-0.05, 0) is 30.7 Å². The monoisotopic (exact) mass is 311 g/mol. The first-order valence-corrected chi connectivity index (χ1v) is 8.04. The first-order valence-electron chi connectivity index (χ1n) is 7.16. The second-order valence-corrected chi connectivity index (χ2v) is 7.17. The van der Waals surface area contributed by atoms with Crippen LogP contribution in [0.25, 0.3) is 0 Å². The summed E-state index contributed by atoms with van der Waals surface area (Å²) in [6.45, 7) is 9.65. The largest absolute Gasteiger partial charge is 0.465 e. The van der Waals surface area contributed by atoms with Crippen LogP contribution >= 0.6 is 11.3 Å². The Bertz CT molecular complexity index is 476. The Hall–Kier alpha value is -1.36. The standard InChI is InChI=1S/C16H25NO3S/c1-7-20-15(19)13(16(3,4)5)14(18)17(6)11(2)12-9-8-10-21-12/h8-11,13H,7H2,1-6H3. The maximum atomic E-state index is 12.8. The molecule has 0 saturated heterocycles. The van der Waals surface area contributed by atoms with Gasteiger partial charge in [-0.25, -0.2) is 0 Å². The van der Waals surface area contributed by atoms with Gasteiger partial charge in [-0.3, -0.25) is 9.59 Å². The molecule has 1 aromatic rings. The van der Waals surface area contributed by atoms with Crippen molar-refractivity contribution in [2.75, 3.05) is 13.7 Å². The van der Waals surface area contributed by atoms with E-state index in [9.17, 15) is 9.59 Å². The Labute approximate surface area is 131 Å². The smallest absolute Gasteiger partial charge is 0.319 e. The Balaban J connectivity index is 2.97. The van der Waals surface area contributed by atoms with Crippen LogP contribution in [0.3, 0.4) is 0 Å². The molecule has 1 aromatic heterocycles. The van der Waals surface area contributed by atoms with Crippen LogP contribution < -0.4 is 0 Å². The molecule has 0 saturated carbocycles. The normalized spacial score (nSPS) is 14.4. The van der Waals surface area contributed by atoms with E-state index in [1.54, 1.807) is 30.2 Å². The van der Waals surface area contributed by atoms with Crippen molar-refractivity contribution in [3.8, 4) is 0 Å². The van der Waals surface area contributed by atoms with Crippen LogP contribution in [0.15, 0.2) is 17.5 Å². The fourth-order valence-corrected chi connectivity index (χ4v) is 2.99. The van der Waals surface area contributed by atoms with Gasteiger partial charge < -0.3 is 9.64 Å². The molecule has 1 heterocycles. The van der Waals surface area contributed by atoms with E-state index in [0.29, 0.717) is 0 Å². The average molecular weight is 311 g/mol. The number of nitrogens with zero attached hydrogens (tertiary/aromatic N) is 1. The molecule has 0 aliphatic heterocycles. The van der Waals surface area contributed by atoms with Crippen molar-refractivity contribution in [2.45, 2.75) is 40.7 Å². The second kappa shape index (κ2) is 7.07. The number of carbonyl (C=O) groups excluding carboxylic acids is 2. The lowest BCUT2D eigenvalue weighted by Gasteiger charge is -2.33. The van der Waals surface area contributed by atoms with Crippen molar-refractivity contribution in [1.82, 2.24) is 4.90 Å². The van der Waals surface area contributed by atoms with Gasteiger partial charge in [-0.2, -0.15) is 0 Å². The number of thiophene rings is 1. The molecule has 0 aromatic carbocycles. The summed E-state index contributed by atoms with van der Waals surface area (Å²) in [4.78, 5) is 27.7. The maximum absolute atomic E-state index is 12.8. The van der Waals surface area contributed by atoms with E-state index in [2.05, 4.69) is 0 Å². The molecule has 2 unspecified atom stereocenters. The summed E-state index contributed by atoms with van der Waals surface area (Å²) >= 11 is 1.60. The van der Waals surface area contributed by atoms with E-state index >= 15 is 0 Å². The van der Waals surface area contributed by atoms with E-state index in [1.807, 2.05) is 45.2 Å². The Morgan fingerprint density at radius 3 is 2.43 bits per heavy atom. The van der Waals surface area contributed by atoms with Crippen LogP contribution in [-0.2, 0) is 14.3 Å². The van der Waals surface area contributed by atoms with E-state index in [1.165, 1.54) is 0 Å². The minimum Gasteiger partial charge on any atom is -0.465 e. The van der Waals surface area contributed by atoms with E-state index in [0.717, 1.165) is 4.88 Å². The third-order valence-electron chi connectivity index (χ3n) is 3.52. The average Bonchev–Trinajstić information content (AvgIpc) is 2.89. The lowest BCUT2D eigenvalue weighted by Crippen LogP contribution is -2.45. The topological polar surface area (TPSA) is 46.6 Å². The number of ether oxygens (including phenoxy) is 1. The number of amides is 1. The molecule has 0 fully saturated rings. The van der Waals surface area contributed by atoms with E-state index in [-0.39, 0.29) is 18.6 Å². The third kappa shape index (κ3) is 4.30. The number of hydrogen-bond acceptors (Lipinski definition) is 4. The molecule has 1 rings (SSSR count). The number of esters is 1. The summed E-state index contributed by atoms with van der Waals surface area (Å²) < 4.78 is 5.09. The SMILES string of the molecule is CCOC(=O)C(C(=O)N(C)C(C)c1cccs1)C(C)(C)C. The highest BCUT2D eigenvalue weighted by atomic mass is 32.1. The Morgan fingerprint density at radius 1 is 1.38 bits per heavy atom. The molecule has 5 heteroatoms. The number of hydrogen-bond donors (Lipinski definition) is 0. The highest BCUT2D eigenvalue weighted by Gasteiger charge is 2.41. The molecule has 1 amide bonds. The van der Waals surface area contributed by atoms with Crippen LogP contribution in [-0.4, -0.2) is 30.4 Å². The first-order chi connectivity index (χ1) is 9.70. The summed E-state index contributed by atoms with van der Waals surface area (Å²) in [5.41, 5.74) is -0.479. The molecule has 0 aliphatic carbocycles. The van der Waals surface area contributed by atoms with Crippen molar-refractivity contribution in [2.24, 2.45) is 11.3 Å². The zero-order valence-corrected chi connectivity index (χ0v) is 14.5. The zero-order chi connectivity index (χ0) is 16.2. The van der Waals surface area contributed by atoms with Crippen molar-refractivity contribution in [3.05, 3.63) is 22.4 Å². The molecule has 118 valence electrons. The van der Waals surface area contributed by atoms with E-state index < -0.39 is 17.3 Å². The van der Waals surface area contributed by atoms with Gasteiger partial charge in [0, 0.05) is 11.9 Å². The first kappa shape index (κ1) is 17.7. The molecule has 2 atom stereocenters. The minimum atomic E-state index is -0.787.